The third-order valence-corrected chi connectivity index (χ3v) is 7.41. The number of halogens is 2. The normalized spacial score (nSPS) is 15.0. The van der Waals surface area contributed by atoms with Crippen molar-refractivity contribution in [2.24, 2.45) is 0 Å². The number of rotatable bonds is 8. The molecule has 2 amide bonds. The number of imide groups is 1. The second-order valence-electron chi connectivity index (χ2n) is 7.51. The second kappa shape index (κ2) is 10.7. The van der Waals surface area contributed by atoms with Crippen molar-refractivity contribution in [1.29, 1.82) is 0 Å². The molecule has 1 aliphatic heterocycles. The molecule has 1 saturated heterocycles. The van der Waals surface area contributed by atoms with Gasteiger partial charge in [-0.1, -0.05) is 41.9 Å². The standard InChI is InChI=1S/C25H19ClFNO6S2/c1-2-33-21-13-17(12-20(26)23(21)34-36(31,32)19-6-4-3-5-7-19)14-22-24(29)28(25(30)35-22)15-16-8-10-18(27)11-9-16/h3-14H,2,15H2,1H3/b22-14-. The van der Waals surface area contributed by atoms with E-state index in [1.807, 2.05) is 0 Å². The molecule has 11 heteroatoms. The first-order valence-corrected chi connectivity index (χ1v) is 13.2. The van der Waals surface area contributed by atoms with Crippen molar-refractivity contribution in [2.75, 3.05) is 6.61 Å². The first kappa shape index (κ1) is 25.7. The SMILES string of the molecule is CCOc1cc(/C=C2\SC(=O)N(Cc3ccc(F)cc3)C2=O)cc(Cl)c1OS(=O)(=O)c1ccccc1. The Balaban J connectivity index is 1.61. The van der Waals surface area contributed by atoms with Crippen LogP contribution in [0.5, 0.6) is 11.5 Å². The molecule has 186 valence electrons. The van der Waals surface area contributed by atoms with Gasteiger partial charge in [-0.25, -0.2) is 4.39 Å². The predicted octanol–water partition coefficient (Wildman–Crippen LogP) is 5.88. The second-order valence-corrected chi connectivity index (χ2v) is 10.5. The van der Waals surface area contributed by atoms with Crippen molar-refractivity contribution in [3.63, 3.8) is 0 Å². The summed E-state index contributed by atoms with van der Waals surface area (Å²) >= 11 is 7.11. The molecular formula is C25H19ClFNO6S2. The molecule has 3 aromatic rings. The first-order chi connectivity index (χ1) is 17.2. The van der Waals surface area contributed by atoms with E-state index in [-0.39, 0.29) is 39.5 Å². The third kappa shape index (κ3) is 5.72. The van der Waals surface area contributed by atoms with Crippen molar-refractivity contribution in [2.45, 2.75) is 18.4 Å². The maximum atomic E-state index is 13.2. The summed E-state index contributed by atoms with van der Waals surface area (Å²) < 4.78 is 49.4. The summed E-state index contributed by atoms with van der Waals surface area (Å²) in [5.74, 6) is -1.07. The molecular weight excluding hydrogens is 529 g/mol. The van der Waals surface area contributed by atoms with Gasteiger partial charge in [0, 0.05) is 0 Å². The quantitative estimate of drug-likeness (QED) is 0.257. The van der Waals surface area contributed by atoms with Gasteiger partial charge < -0.3 is 8.92 Å². The zero-order chi connectivity index (χ0) is 25.9. The fourth-order valence-corrected chi connectivity index (χ4v) is 5.44. The minimum absolute atomic E-state index is 0.00262. The van der Waals surface area contributed by atoms with Crippen LogP contribution in [0.2, 0.25) is 5.02 Å². The highest BCUT2D eigenvalue weighted by molar-refractivity contribution is 8.18. The Hall–Kier alpha value is -3.34. The fourth-order valence-electron chi connectivity index (χ4n) is 3.32. The van der Waals surface area contributed by atoms with Gasteiger partial charge in [-0.05, 0) is 72.3 Å². The van der Waals surface area contributed by atoms with Crippen LogP contribution in [0.4, 0.5) is 9.18 Å². The predicted molar refractivity (Wildman–Crippen MR) is 135 cm³/mol. The Morgan fingerprint density at radius 1 is 1.06 bits per heavy atom. The van der Waals surface area contributed by atoms with E-state index in [4.69, 9.17) is 20.5 Å². The zero-order valence-electron chi connectivity index (χ0n) is 18.8. The Morgan fingerprint density at radius 3 is 2.42 bits per heavy atom. The van der Waals surface area contributed by atoms with Crippen molar-refractivity contribution in [3.8, 4) is 11.5 Å². The van der Waals surface area contributed by atoms with Crippen molar-refractivity contribution in [1.82, 2.24) is 4.90 Å². The lowest BCUT2D eigenvalue weighted by Gasteiger charge is -2.14. The van der Waals surface area contributed by atoms with Crippen LogP contribution < -0.4 is 8.92 Å². The van der Waals surface area contributed by atoms with Crippen molar-refractivity contribution >= 4 is 50.7 Å². The molecule has 0 bridgehead atoms. The maximum absolute atomic E-state index is 13.2. The topological polar surface area (TPSA) is 90.0 Å². The molecule has 0 radical (unpaired) electrons. The van der Waals surface area contributed by atoms with Crippen LogP contribution >= 0.6 is 23.4 Å². The molecule has 1 heterocycles. The number of hydrogen-bond acceptors (Lipinski definition) is 7. The number of nitrogens with zero attached hydrogens (tertiary/aromatic N) is 1. The molecule has 0 aromatic heterocycles. The van der Waals surface area contributed by atoms with Crippen molar-refractivity contribution in [3.05, 3.63) is 93.6 Å². The number of hydrogen-bond donors (Lipinski definition) is 0. The molecule has 0 atom stereocenters. The summed E-state index contributed by atoms with van der Waals surface area (Å²) in [6.45, 7) is 1.89. The van der Waals surface area contributed by atoms with E-state index >= 15 is 0 Å². The van der Waals surface area contributed by atoms with E-state index in [0.29, 0.717) is 11.1 Å². The molecule has 0 unspecified atom stereocenters. The molecule has 0 N–H and O–H groups in total. The average molecular weight is 548 g/mol. The van der Waals surface area contributed by atoms with E-state index in [9.17, 15) is 22.4 Å². The number of carbonyl (C=O) groups is 2. The number of carbonyl (C=O) groups excluding carboxylic acids is 2. The van der Waals surface area contributed by atoms with Crippen LogP contribution in [0.3, 0.4) is 0 Å². The van der Waals surface area contributed by atoms with Gasteiger partial charge in [0.25, 0.3) is 11.1 Å². The summed E-state index contributed by atoms with van der Waals surface area (Å²) in [4.78, 5) is 26.5. The summed E-state index contributed by atoms with van der Waals surface area (Å²) in [7, 11) is -4.18. The molecule has 7 nitrogen and oxygen atoms in total. The van der Waals surface area contributed by atoms with Crippen LogP contribution in [0.1, 0.15) is 18.1 Å². The Kier molecular flexibility index (Phi) is 7.67. The Bertz CT molecular complexity index is 1440. The van der Waals surface area contributed by atoms with Crippen LogP contribution in [0.15, 0.2) is 76.5 Å². The van der Waals surface area contributed by atoms with E-state index in [2.05, 4.69) is 0 Å². The number of thioether (sulfide) groups is 1. The lowest BCUT2D eigenvalue weighted by molar-refractivity contribution is -0.123. The summed E-state index contributed by atoms with van der Waals surface area (Å²) in [6, 6.07) is 16.0. The fraction of sp³-hybridized carbons (Fsp3) is 0.120. The third-order valence-electron chi connectivity index (χ3n) is 4.98. The number of amides is 2. The molecule has 0 saturated carbocycles. The molecule has 1 fully saturated rings. The monoisotopic (exact) mass is 547 g/mol. The van der Waals surface area contributed by atoms with Gasteiger partial charge in [0.05, 0.1) is 23.1 Å². The van der Waals surface area contributed by atoms with Gasteiger partial charge in [0.1, 0.15) is 10.7 Å². The largest absolute Gasteiger partial charge is 0.490 e. The van der Waals surface area contributed by atoms with Gasteiger partial charge in [-0.3, -0.25) is 14.5 Å². The molecule has 36 heavy (non-hydrogen) atoms. The van der Waals surface area contributed by atoms with Gasteiger partial charge in [-0.15, -0.1) is 0 Å². The van der Waals surface area contributed by atoms with Crippen LogP contribution in [-0.4, -0.2) is 31.1 Å². The Labute approximate surface area is 216 Å². The molecule has 0 aliphatic carbocycles. The highest BCUT2D eigenvalue weighted by Crippen LogP contribution is 2.40. The van der Waals surface area contributed by atoms with Crippen LogP contribution in [0.25, 0.3) is 6.08 Å². The average Bonchev–Trinajstić information content (AvgIpc) is 3.10. The van der Waals surface area contributed by atoms with Gasteiger partial charge in [0.15, 0.2) is 5.75 Å². The van der Waals surface area contributed by atoms with Crippen molar-refractivity contribution < 1.29 is 31.3 Å². The van der Waals surface area contributed by atoms with Crippen LogP contribution in [-0.2, 0) is 21.5 Å². The number of benzene rings is 3. The Morgan fingerprint density at radius 2 is 1.75 bits per heavy atom. The summed E-state index contributed by atoms with van der Waals surface area (Å²) in [5.41, 5.74) is 1.00. The lowest BCUT2D eigenvalue weighted by atomic mass is 10.1. The molecule has 3 aromatic carbocycles. The van der Waals surface area contributed by atoms with Gasteiger partial charge in [0.2, 0.25) is 5.75 Å². The van der Waals surface area contributed by atoms with E-state index in [1.165, 1.54) is 54.6 Å². The van der Waals surface area contributed by atoms with Gasteiger partial charge in [-0.2, -0.15) is 8.42 Å². The molecule has 0 spiro atoms. The van der Waals surface area contributed by atoms with Gasteiger partial charge >= 0.3 is 10.1 Å². The summed E-state index contributed by atoms with van der Waals surface area (Å²) in [5, 5.41) is -0.530. The molecule has 1 aliphatic rings. The number of ether oxygens (including phenoxy) is 1. The van der Waals surface area contributed by atoms with Crippen LogP contribution in [0, 0.1) is 5.82 Å². The summed E-state index contributed by atoms with van der Waals surface area (Å²) in [6.07, 6.45) is 1.46. The van der Waals surface area contributed by atoms with E-state index < -0.39 is 27.1 Å². The van der Waals surface area contributed by atoms with E-state index in [0.717, 1.165) is 16.7 Å². The highest BCUT2D eigenvalue weighted by Gasteiger charge is 2.35. The minimum Gasteiger partial charge on any atom is -0.490 e. The molecule has 4 rings (SSSR count). The lowest BCUT2D eigenvalue weighted by Crippen LogP contribution is -2.27. The first-order valence-electron chi connectivity index (χ1n) is 10.6. The minimum atomic E-state index is -4.18. The highest BCUT2D eigenvalue weighted by atomic mass is 35.5. The smallest absolute Gasteiger partial charge is 0.339 e. The zero-order valence-corrected chi connectivity index (χ0v) is 21.2. The maximum Gasteiger partial charge on any atom is 0.339 e. The van der Waals surface area contributed by atoms with E-state index in [1.54, 1.807) is 25.1 Å².